The van der Waals surface area contributed by atoms with Crippen LogP contribution in [0, 0.1) is 0 Å². The number of nitrogens with zero attached hydrogens (tertiary/aromatic N) is 2. The fourth-order valence-electron chi connectivity index (χ4n) is 4.20. The Kier molecular flexibility index (Phi) is 4.72. The van der Waals surface area contributed by atoms with E-state index in [0.717, 1.165) is 54.6 Å². The third-order valence-electron chi connectivity index (χ3n) is 5.55. The highest BCUT2D eigenvalue weighted by molar-refractivity contribution is 7.19. The number of fused-ring (bicyclic) bond motifs is 3. The molecule has 2 atom stereocenters. The van der Waals surface area contributed by atoms with Gasteiger partial charge in [-0.15, -0.1) is 11.3 Å². The van der Waals surface area contributed by atoms with Crippen molar-refractivity contribution in [1.82, 2.24) is 9.97 Å². The minimum atomic E-state index is -0.219. The van der Waals surface area contributed by atoms with E-state index in [4.69, 9.17) is 4.74 Å². The molecule has 0 saturated heterocycles. The Bertz CT molecular complexity index is 709. The monoisotopic (exact) mass is 346 g/mol. The Morgan fingerprint density at radius 1 is 1.25 bits per heavy atom. The second-order valence-corrected chi connectivity index (χ2v) is 8.29. The second kappa shape index (κ2) is 6.96. The average molecular weight is 346 g/mol. The summed E-state index contributed by atoms with van der Waals surface area (Å²) in [6, 6.07) is 0. The molecule has 1 saturated carbocycles. The minimum Gasteiger partial charge on any atom is -0.474 e. The van der Waals surface area contributed by atoms with Crippen LogP contribution in [0.5, 0.6) is 5.88 Å². The molecule has 0 unspecified atom stereocenters. The number of aliphatic hydroxyl groups excluding tert-OH is 1. The van der Waals surface area contributed by atoms with Crippen molar-refractivity contribution in [2.24, 2.45) is 0 Å². The predicted octanol–water partition coefficient (Wildman–Crippen LogP) is 4.59. The molecule has 24 heavy (non-hydrogen) atoms. The van der Waals surface area contributed by atoms with Crippen LogP contribution < -0.4 is 4.74 Å². The molecule has 0 bridgehead atoms. The fourth-order valence-corrected chi connectivity index (χ4v) is 5.43. The number of thiophene rings is 1. The maximum atomic E-state index is 10.1. The van der Waals surface area contributed by atoms with Gasteiger partial charge in [-0.2, -0.15) is 0 Å². The summed E-state index contributed by atoms with van der Waals surface area (Å²) >= 11 is 1.79. The van der Waals surface area contributed by atoms with Crippen molar-refractivity contribution in [3.8, 4) is 5.88 Å². The topological polar surface area (TPSA) is 55.2 Å². The van der Waals surface area contributed by atoms with Gasteiger partial charge in [0.15, 0.2) is 0 Å². The number of hydrogen-bond donors (Lipinski definition) is 1. The highest BCUT2D eigenvalue weighted by Gasteiger charge is 2.31. The Labute approximate surface area is 147 Å². The number of rotatable bonds is 5. The molecule has 5 heteroatoms. The molecular weight excluding hydrogens is 320 g/mol. The zero-order valence-electron chi connectivity index (χ0n) is 14.3. The van der Waals surface area contributed by atoms with Gasteiger partial charge < -0.3 is 9.84 Å². The number of aliphatic hydroxyl groups is 1. The van der Waals surface area contributed by atoms with Crippen LogP contribution in [-0.2, 0) is 6.42 Å². The lowest BCUT2D eigenvalue weighted by Gasteiger charge is -2.23. The van der Waals surface area contributed by atoms with Gasteiger partial charge in [0, 0.05) is 4.88 Å². The minimum absolute atomic E-state index is 0.219. The quantitative estimate of drug-likeness (QED) is 0.860. The van der Waals surface area contributed by atoms with Crippen LogP contribution in [0.2, 0.25) is 0 Å². The fraction of sp³-hybridized carbons (Fsp3) is 0.684. The smallest absolute Gasteiger partial charge is 0.225 e. The first kappa shape index (κ1) is 16.3. The molecule has 2 aromatic rings. The van der Waals surface area contributed by atoms with Gasteiger partial charge in [-0.25, -0.2) is 9.97 Å². The molecule has 4 rings (SSSR count). The molecule has 2 aromatic heterocycles. The largest absolute Gasteiger partial charge is 0.474 e. The van der Waals surface area contributed by atoms with E-state index in [9.17, 15) is 5.11 Å². The molecule has 1 fully saturated rings. The molecule has 130 valence electrons. The molecule has 4 nitrogen and oxygen atoms in total. The molecule has 0 spiro atoms. The molecule has 1 N–H and O–H groups in total. The summed E-state index contributed by atoms with van der Waals surface area (Å²) in [5, 5.41) is 11.3. The Morgan fingerprint density at radius 2 is 2.08 bits per heavy atom. The molecule has 0 aromatic carbocycles. The summed E-state index contributed by atoms with van der Waals surface area (Å²) in [7, 11) is 0. The van der Waals surface area contributed by atoms with Gasteiger partial charge in [0.1, 0.15) is 17.3 Å². The second-order valence-electron chi connectivity index (χ2n) is 7.21. The van der Waals surface area contributed by atoms with Crippen molar-refractivity contribution in [3.63, 3.8) is 0 Å². The third kappa shape index (κ3) is 3.04. The van der Waals surface area contributed by atoms with Crippen molar-refractivity contribution in [2.45, 2.75) is 82.8 Å². The van der Waals surface area contributed by atoms with E-state index in [2.05, 4.69) is 9.97 Å². The number of aromatic nitrogens is 2. The summed E-state index contributed by atoms with van der Waals surface area (Å²) in [5.74, 6) is 1.20. The van der Waals surface area contributed by atoms with Gasteiger partial charge in [0.2, 0.25) is 5.88 Å². The van der Waals surface area contributed by atoms with Crippen LogP contribution in [0.1, 0.15) is 74.6 Å². The van der Waals surface area contributed by atoms with Crippen molar-refractivity contribution in [2.75, 3.05) is 0 Å². The van der Waals surface area contributed by atoms with E-state index >= 15 is 0 Å². The summed E-state index contributed by atoms with van der Waals surface area (Å²) < 4.78 is 6.32. The molecule has 2 aliphatic carbocycles. The predicted molar refractivity (Wildman–Crippen MR) is 96.9 cm³/mol. The van der Waals surface area contributed by atoms with Crippen molar-refractivity contribution < 1.29 is 9.84 Å². The lowest BCUT2D eigenvalue weighted by atomic mass is 9.93. The van der Waals surface area contributed by atoms with Crippen LogP contribution in [0.15, 0.2) is 6.33 Å². The van der Waals surface area contributed by atoms with Crippen LogP contribution in [-0.4, -0.2) is 27.3 Å². The number of ether oxygens (including phenoxy) is 1. The Hall–Kier alpha value is -1.20. The molecule has 2 aliphatic rings. The maximum absolute atomic E-state index is 10.1. The lowest BCUT2D eigenvalue weighted by Crippen LogP contribution is -2.20. The Morgan fingerprint density at radius 3 is 2.88 bits per heavy atom. The zero-order valence-corrected chi connectivity index (χ0v) is 15.1. The molecule has 0 aliphatic heterocycles. The first-order valence-corrected chi connectivity index (χ1v) is 10.2. The van der Waals surface area contributed by atoms with E-state index < -0.39 is 0 Å². The SMILES string of the molecule is CC[C@@H](O)C[C@H]1CCc2sc3ncnc(OC4CCCCC4)c3c21. The van der Waals surface area contributed by atoms with Crippen LogP contribution in [0.25, 0.3) is 10.2 Å². The molecule has 0 amide bonds. The zero-order chi connectivity index (χ0) is 16.5. The third-order valence-corrected chi connectivity index (χ3v) is 6.73. The van der Waals surface area contributed by atoms with E-state index in [-0.39, 0.29) is 6.10 Å². The highest BCUT2D eigenvalue weighted by atomic mass is 32.1. The van der Waals surface area contributed by atoms with Crippen molar-refractivity contribution in [1.29, 1.82) is 0 Å². The summed E-state index contributed by atoms with van der Waals surface area (Å²) in [4.78, 5) is 11.5. The number of hydrogen-bond acceptors (Lipinski definition) is 5. The maximum Gasteiger partial charge on any atom is 0.225 e. The van der Waals surface area contributed by atoms with Crippen molar-refractivity contribution in [3.05, 3.63) is 16.8 Å². The summed E-state index contributed by atoms with van der Waals surface area (Å²) in [6.45, 7) is 2.05. The van der Waals surface area contributed by atoms with Crippen LogP contribution in [0.3, 0.4) is 0 Å². The Balaban J connectivity index is 1.68. The normalized spacial score (nSPS) is 22.7. The van der Waals surface area contributed by atoms with Gasteiger partial charge in [-0.3, -0.25) is 0 Å². The van der Waals surface area contributed by atoms with Gasteiger partial charge >= 0.3 is 0 Å². The first-order chi connectivity index (χ1) is 11.8. The van der Waals surface area contributed by atoms with Gasteiger partial charge in [0.25, 0.3) is 0 Å². The molecule has 2 heterocycles. The standard InChI is InChI=1S/C19H26N2O2S/c1-2-13(22)10-12-8-9-15-16(12)17-18(20-11-21-19(17)24-15)23-14-6-4-3-5-7-14/h11-14,22H,2-10H2,1H3/t12-,13-/m1/s1. The van der Waals surface area contributed by atoms with E-state index in [1.54, 1.807) is 17.7 Å². The van der Waals surface area contributed by atoms with E-state index in [0.29, 0.717) is 12.0 Å². The van der Waals surface area contributed by atoms with Crippen LogP contribution in [0.4, 0.5) is 0 Å². The summed E-state index contributed by atoms with van der Waals surface area (Å²) in [5.41, 5.74) is 1.37. The molecule has 0 radical (unpaired) electrons. The van der Waals surface area contributed by atoms with Crippen molar-refractivity contribution >= 4 is 21.6 Å². The first-order valence-electron chi connectivity index (χ1n) is 9.37. The summed E-state index contributed by atoms with van der Waals surface area (Å²) in [6.07, 6.45) is 11.7. The van der Waals surface area contributed by atoms with Gasteiger partial charge in [-0.05, 0) is 62.8 Å². The van der Waals surface area contributed by atoms with Gasteiger partial charge in [0.05, 0.1) is 11.5 Å². The van der Waals surface area contributed by atoms with Crippen LogP contribution >= 0.6 is 11.3 Å². The van der Waals surface area contributed by atoms with E-state index in [1.807, 2.05) is 6.92 Å². The van der Waals surface area contributed by atoms with E-state index in [1.165, 1.54) is 29.7 Å². The lowest BCUT2D eigenvalue weighted by molar-refractivity contribution is 0.148. The highest BCUT2D eigenvalue weighted by Crippen LogP contribution is 2.47. The molecular formula is C19H26N2O2S. The average Bonchev–Trinajstić information content (AvgIpc) is 3.16. The van der Waals surface area contributed by atoms with Gasteiger partial charge in [-0.1, -0.05) is 13.3 Å². The number of aryl methyl sites for hydroxylation is 1.